The van der Waals surface area contributed by atoms with Crippen molar-refractivity contribution < 1.29 is 14.3 Å². The van der Waals surface area contributed by atoms with E-state index in [0.717, 1.165) is 5.56 Å². The van der Waals surface area contributed by atoms with E-state index in [4.69, 9.17) is 10.5 Å². The number of ether oxygens (including phenoxy) is 1. The molecule has 0 radical (unpaired) electrons. The van der Waals surface area contributed by atoms with Crippen LogP contribution in [0.25, 0.3) is 0 Å². The first-order chi connectivity index (χ1) is 10.6. The lowest BCUT2D eigenvalue weighted by atomic mass is 10.2. The van der Waals surface area contributed by atoms with Gasteiger partial charge >= 0.3 is 5.97 Å². The molecular formula is C17H18N2O3. The molecule has 0 saturated carbocycles. The molecule has 0 unspecified atom stereocenters. The number of carbonyl (C=O) groups excluding carboxylic acids is 2. The van der Waals surface area contributed by atoms with Crippen molar-refractivity contribution in [3.05, 3.63) is 65.7 Å². The van der Waals surface area contributed by atoms with E-state index in [-0.39, 0.29) is 31.4 Å². The van der Waals surface area contributed by atoms with Crippen LogP contribution in [0.1, 0.15) is 22.3 Å². The quantitative estimate of drug-likeness (QED) is 0.632. The fourth-order valence-corrected chi connectivity index (χ4v) is 1.87. The Hall–Kier alpha value is -2.82. The van der Waals surface area contributed by atoms with E-state index in [1.54, 1.807) is 24.3 Å². The number of hydrogen-bond acceptors (Lipinski definition) is 4. The summed E-state index contributed by atoms with van der Waals surface area (Å²) in [7, 11) is 0. The van der Waals surface area contributed by atoms with Crippen molar-refractivity contribution in [1.82, 2.24) is 5.32 Å². The van der Waals surface area contributed by atoms with Crippen LogP contribution in [-0.4, -0.2) is 18.4 Å². The summed E-state index contributed by atoms with van der Waals surface area (Å²) in [5.41, 5.74) is 7.54. The van der Waals surface area contributed by atoms with E-state index in [0.29, 0.717) is 11.3 Å². The fourth-order valence-electron chi connectivity index (χ4n) is 1.87. The number of esters is 1. The second-order valence-electron chi connectivity index (χ2n) is 4.78. The standard InChI is InChI=1S/C17H18N2O3/c18-15-8-4-7-14(11-15)17(21)19-10-9-16(20)22-12-13-5-2-1-3-6-13/h1-8,11H,9-10,12,18H2,(H,19,21). The molecule has 5 nitrogen and oxygen atoms in total. The minimum Gasteiger partial charge on any atom is -0.461 e. The summed E-state index contributed by atoms with van der Waals surface area (Å²) >= 11 is 0. The lowest BCUT2D eigenvalue weighted by Crippen LogP contribution is -2.26. The van der Waals surface area contributed by atoms with Crippen molar-refractivity contribution in [3.8, 4) is 0 Å². The van der Waals surface area contributed by atoms with Crippen molar-refractivity contribution in [2.24, 2.45) is 0 Å². The number of benzene rings is 2. The SMILES string of the molecule is Nc1cccc(C(=O)NCCC(=O)OCc2ccccc2)c1. The Labute approximate surface area is 129 Å². The molecule has 0 heterocycles. The first kappa shape index (κ1) is 15.6. The average Bonchev–Trinajstić information content (AvgIpc) is 2.54. The van der Waals surface area contributed by atoms with Gasteiger partial charge < -0.3 is 15.8 Å². The lowest BCUT2D eigenvalue weighted by Gasteiger charge is -2.07. The normalized spacial score (nSPS) is 10.0. The molecule has 0 aliphatic heterocycles. The van der Waals surface area contributed by atoms with Gasteiger partial charge in [0, 0.05) is 17.8 Å². The summed E-state index contributed by atoms with van der Waals surface area (Å²) in [6, 6.07) is 16.1. The van der Waals surface area contributed by atoms with Crippen LogP contribution in [-0.2, 0) is 16.1 Å². The first-order valence-electron chi connectivity index (χ1n) is 6.98. The van der Waals surface area contributed by atoms with Crippen LogP contribution in [0.5, 0.6) is 0 Å². The van der Waals surface area contributed by atoms with E-state index < -0.39 is 0 Å². The van der Waals surface area contributed by atoms with E-state index in [2.05, 4.69) is 5.32 Å². The molecule has 0 bridgehead atoms. The Morgan fingerprint density at radius 2 is 1.82 bits per heavy atom. The smallest absolute Gasteiger partial charge is 0.307 e. The Morgan fingerprint density at radius 1 is 1.05 bits per heavy atom. The van der Waals surface area contributed by atoms with Crippen LogP contribution in [0.4, 0.5) is 5.69 Å². The maximum Gasteiger partial charge on any atom is 0.307 e. The number of nitrogen functional groups attached to an aromatic ring is 1. The van der Waals surface area contributed by atoms with Gasteiger partial charge in [0.2, 0.25) is 0 Å². The summed E-state index contributed by atoms with van der Waals surface area (Å²) in [6.07, 6.45) is 0.126. The second kappa shape index (κ2) is 7.83. The molecule has 3 N–H and O–H groups in total. The third kappa shape index (κ3) is 4.94. The Morgan fingerprint density at radius 3 is 2.55 bits per heavy atom. The zero-order chi connectivity index (χ0) is 15.8. The highest BCUT2D eigenvalue weighted by atomic mass is 16.5. The summed E-state index contributed by atoms with van der Waals surface area (Å²) in [4.78, 5) is 23.4. The molecule has 2 rings (SSSR count). The van der Waals surface area contributed by atoms with Crippen LogP contribution < -0.4 is 11.1 Å². The van der Waals surface area contributed by atoms with Gasteiger partial charge in [-0.3, -0.25) is 9.59 Å². The number of anilines is 1. The van der Waals surface area contributed by atoms with E-state index >= 15 is 0 Å². The Kier molecular flexibility index (Phi) is 5.54. The third-order valence-corrected chi connectivity index (χ3v) is 3.01. The topological polar surface area (TPSA) is 81.4 Å². The van der Waals surface area contributed by atoms with Crippen LogP contribution >= 0.6 is 0 Å². The van der Waals surface area contributed by atoms with Gasteiger partial charge in [-0.2, -0.15) is 0 Å². The molecule has 0 saturated heterocycles. The molecule has 5 heteroatoms. The highest BCUT2D eigenvalue weighted by Crippen LogP contribution is 2.06. The fraction of sp³-hybridized carbons (Fsp3) is 0.176. The monoisotopic (exact) mass is 298 g/mol. The van der Waals surface area contributed by atoms with Crippen molar-refractivity contribution in [3.63, 3.8) is 0 Å². The number of hydrogen-bond donors (Lipinski definition) is 2. The molecule has 0 spiro atoms. The van der Waals surface area contributed by atoms with Crippen molar-refractivity contribution in [2.45, 2.75) is 13.0 Å². The van der Waals surface area contributed by atoms with Gasteiger partial charge in [-0.15, -0.1) is 0 Å². The number of rotatable bonds is 6. The maximum atomic E-state index is 11.8. The molecular weight excluding hydrogens is 280 g/mol. The lowest BCUT2D eigenvalue weighted by molar-refractivity contribution is -0.144. The van der Waals surface area contributed by atoms with E-state index in [1.165, 1.54) is 0 Å². The molecule has 2 aromatic rings. The predicted octanol–water partition coefficient (Wildman–Crippen LogP) is 2.13. The second-order valence-corrected chi connectivity index (χ2v) is 4.78. The maximum absolute atomic E-state index is 11.8. The van der Waals surface area contributed by atoms with Crippen LogP contribution in [0.2, 0.25) is 0 Å². The van der Waals surface area contributed by atoms with Crippen molar-refractivity contribution in [1.29, 1.82) is 0 Å². The molecule has 0 aliphatic carbocycles. The summed E-state index contributed by atoms with van der Waals surface area (Å²) in [6.45, 7) is 0.462. The van der Waals surface area contributed by atoms with Crippen LogP contribution in [0.15, 0.2) is 54.6 Å². The molecule has 1 amide bonds. The number of nitrogens with two attached hydrogens (primary N) is 1. The van der Waals surface area contributed by atoms with Gasteiger partial charge in [0.15, 0.2) is 0 Å². The minimum absolute atomic E-state index is 0.126. The third-order valence-electron chi connectivity index (χ3n) is 3.01. The van der Waals surface area contributed by atoms with Gasteiger partial charge in [0.25, 0.3) is 5.91 Å². The number of carbonyl (C=O) groups is 2. The molecule has 0 aliphatic rings. The molecule has 2 aromatic carbocycles. The first-order valence-corrected chi connectivity index (χ1v) is 6.98. The zero-order valence-corrected chi connectivity index (χ0v) is 12.1. The minimum atomic E-state index is -0.350. The van der Waals surface area contributed by atoms with Crippen molar-refractivity contribution in [2.75, 3.05) is 12.3 Å². The van der Waals surface area contributed by atoms with Gasteiger partial charge in [0.1, 0.15) is 6.61 Å². The number of nitrogens with one attached hydrogen (secondary N) is 1. The molecule has 0 aromatic heterocycles. The van der Waals surface area contributed by atoms with Gasteiger partial charge in [0.05, 0.1) is 6.42 Å². The average molecular weight is 298 g/mol. The van der Waals surface area contributed by atoms with Gasteiger partial charge in [-0.25, -0.2) is 0 Å². The highest BCUT2D eigenvalue weighted by Gasteiger charge is 2.07. The number of amides is 1. The molecule has 114 valence electrons. The van der Waals surface area contributed by atoms with E-state index in [9.17, 15) is 9.59 Å². The molecule has 0 atom stereocenters. The largest absolute Gasteiger partial charge is 0.461 e. The zero-order valence-electron chi connectivity index (χ0n) is 12.1. The molecule has 0 fully saturated rings. The Bertz CT molecular complexity index is 641. The van der Waals surface area contributed by atoms with Gasteiger partial charge in [-0.05, 0) is 23.8 Å². The van der Waals surface area contributed by atoms with E-state index in [1.807, 2.05) is 30.3 Å². The van der Waals surface area contributed by atoms with Crippen LogP contribution in [0, 0.1) is 0 Å². The predicted molar refractivity (Wildman–Crippen MR) is 84.0 cm³/mol. The summed E-state index contributed by atoms with van der Waals surface area (Å²) < 4.78 is 5.12. The van der Waals surface area contributed by atoms with Gasteiger partial charge in [-0.1, -0.05) is 36.4 Å². The van der Waals surface area contributed by atoms with Crippen molar-refractivity contribution >= 4 is 17.6 Å². The highest BCUT2D eigenvalue weighted by molar-refractivity contribution is 5.95. The van der Waals surface area contributed by atoms with Crippen LogP contribution in [0.3, 0.4) is 0 Å². The Balaban J connectivity index is 1.69. The summed E-state index contributed by atoms with van der Waals surface area (Å²) in [5, 5.41) is 2.66. The molecule has 22 heavy (non-hydrogen) atoms. The summed E-state index contributed by atoms with van der Waals surface area (Å²) in [5.74, 6) is -0.611.